The van der Waals surface area contributed by atoms with Crippen molar-refractivity contribution in [2.75, 3.05) is 0 Å². The van der Waals surface area contributed by atoms with Crippen LogP contribution in [0, 0.1) is 17.3 Å². The van der Waals surface area contributed by atoms with Crippen LogP contribution >= 0.6 is 0 Å². The number of hydrogen-bond acceptors (Lipinski definition) is 3. The molecule has 18 heavy (non-hydrogen) atoms. The van der Waals surface area contributed by atoms with Crippen LogP contribution in [0.4, 0.5) is 0 Å². The van der Waals surface area contributed by atoms with Crippen molar-refractivity contribution in [2.45, 2.75) is 38.6 Å². The molecule has 0 spiro atoms. The summed E-state index contributed by atoms with van der Waals surface area (Å²) in [5.41, 5.74) is 1.37. The van der Waals surface area contributed by atoms with Crippen LogP contribution in [0.25, 0.3) is 0 Å². The van der Waals surface area contributed by atoms with Crippen LogP contribution in [0.1, 0.15) is 39.2 Å². The lowest BCUT2D eigenvalue weighted by Gasteiger charge is -2.04. The van der Waals surface area contributed by atoms with Gasteiger partial charge in [0.1, 0.15) is 0 Å². The highest BCUT2D eigenvalue weighted by atomic mass is 32.2. The first-order valence-electron chi connectivity index (χ1n) is 6.14. The average Bonchev–Trinajstić information content (AvgIpc) is 2.80. The van der Waals surface area contributed by atoms with Gasteiger partial charge >= 0.3 is 0 Å². The van der Waals surface area contributed by atoms with Crippen LogP contribution in [-0.4, -0.2) is 13.4 Å². The fraction of sp³-hybridized carbons (Fsp3) is 0.615. The van der Waals surface area contributed by atoms with Gasteiger partial charge in [0.25, 0.3) is 10.0 Å². The summed E-state index contributed by atoms with van der Waals surface area (Å²) in [6.45, 7) is 8.93. The molecule has 2 unspecified atom stereocenters. The predicted molar refractivity (Wildman–Crippen MR) is 70.5 cm³/mol. The molecular weight excluding hydrogens is 248 g/mol. The van der Waals surface area contributed by atoms with Gasteiger partial charge in [-0.3, -0.25) is 0 Å². The Bertz CT molecular complexity index is 547. The van der Waals surface area contributed by atoms with Crippen molar-refractivity contribution in [3.8, 4) is 0 Å². The van der Waals surface area contributed by atoms with Gasteiger partial charge in [-0.25, -0.2) is 18.5 Å². The van der Waals surface area contributed by atoms with E-state index in [0.717, 1.165) is 5.56 Å². The molecule has 2 rings (SSSR count). The van der Waals surface area contributed by atoms with E-state index in [1.54, 1.807) is 6.20 Å². The number of rotatable bonds is 3. The van der Waals surface area contributed by atoms with E-state index >= 15 is 0 Å². The van der Waals surface area contributed by atoms with Crippen molar-refractivity contribution in [3.05, 3.63) is 23.9 Å². The fourth-order valence-corrected chi connectivity index (χ4v) is 3.76. The van der Waals surface area contributed by atoms with Crippen LogP contribution in [0.15, 0.2) is 23.4 Å². The van der Waals surface area contributed by atoms with Gasteiger partial charge in [0.15, 0.2) is 5.03 Å². The van der Waals surface area contributed by atoms with Gasteiger partial charge in [0, 0.05) is 6.20 Å². The number of primary sulfonamides is 1. The predicted octanol–water partition coefficient (Wildman–Crippen LogP) is 2.12. The lowest BCUT2D eigenvalue weighted by Crippen LogP contribution is -2.13. The van der Waals surface area contributed by atoms with E-state index in [9.17, 15) is 8.42 Å². The van der Waals surface area contributed by atoms with Crippen molar-refractivity contribution in [1.82, 2.24) is 4.98 Å². The summed E-state index contributed by atoms with van der Waals surface area (Å²) in [6.07, 6.45) is 1.65. The van der Waals surface area contributed by atoms with E-state index < -0.39 is 10.0 Å². The number of sulfonamides is 1. The number of pyridine rings is 1. The second kappa shape index (κ2) is 4.03. The molecule has 2 atom stereocenters. The normalized spacial score (nSPS) is 26.3. The van der Waals surface area contributed by atoms with Gasteiger partial charge in [0.2, 0.25) is 0 Å². The van der Waals surface area contributed by atoms with Gasteiger partial charge in [-0.1, -0.05) is 33.8 Å². The van der Waals surface area contributed by atoms with E-state index in [1.165, 1.54) is 6.07 Å². The molecule has 100 valence electrons. The Labute approximate surface area is 109 Å². The Morgan fingerprint density at radius 3 is 2.28 bits per heavy atom. The largest absolute Gasteiger partial charge is 0.255 e. The Kier molecular flexibility index (Phi) is 3.02. The second-order valence-electron chi connectivity index (χ2n) is 6.04. The van der Waals surface area contributed by atoms with Crippen molar-refractivity contribution in [2.24, 2.45) is 22.4 Å². The van der Waals surface area contributed by atoms with Gasteiger partial charge in [-0.05, 0) is 34.8 Å². The van der Waals surface area contributed by atoms with Gasteiger partial charge in [0.05, 0.1) is 0 Å². The van der Waals surface area contributed by atoms with Crippen LogP contribution in [-0.2, 0) is 10.0 Å². The lowest BCUT2D eigenvalue weighted by molar-refractivity contribution is 0.451. The monoisotopic (exact) mass is 268 g/mol. The maximum absolute atomic E-state index is 11.1. The Morgan fingerprint density at radius 2 is 1.94 bits per heavy atom. The third-order valence-corrected chi connectivity index (χ3v) is 4.86. The highest BCUT2D eigenvalue weighted by molar-refractivity contribution is 7.89. The van der Waals surface area contributed by atoms with Crippen LogP contribution in [0.2, 0.25) is 0 Å². The number of aromatic nitrogens is 1. The van der Waals surface area contributed by atoms with Crippen LogP contribution in [0.3, 0.4) is 0 Å². The third-order valence-electron chi connectivity index (χ3n) is 4.04. The smallest absolute Gasteiger partial charge is 0.243 e. The fourth-order valence-electron chi connectivity index (χ4n) is 3.30. The topological polar surface area (TPSA) is 73.1 Å². The van der Waals surface area contributed by atoms with Crippen LogP contribution < -0.4 is 5.14 Å². The van der Waals surface area contributed by atoms with Gasteiger partial charge in [-0.2, -0.15) is 0 Å². The molecule has 1 heterocycles. The summed E-state index contributed by atoms with van der Waals surface area (Å²) in [5, 5.41) is 4.97. The standard InChI is InChI=1S/C13H20N2O2S/c1-8(2)11-12(13(11,3)4)9-5-6-10(15-7-9)18(14,16)17/h5-8,11-12H,1-4H3,(H2,14,16,17). The summed E-state index contributed by atoms with van der Waals surface area (Å²) >= 11 is 0. The maximum Gasteiger partial charge on any atom is 0.255 e. The zero-order chi connectivity index (χ0) is 13.7. The zero-order valence-corrected chi connectivity index (χ0v) is 12.0. The first kappa shape index (κ1) is 13.5. The maximum atomic E-state index is 11.1. The van der Waals surface area contributed by atoms with Crippen molar-refractivity contribution < 1.29 is 8.42 Å². The van der Waals surface area contributed by atoms with E-state index in [0.29, 0.717) is 17.8 Å². The lowest BCUT2D eigenvalue weighted by atomic mass is 10.0. The first-order valence-corrected chi connectivity index (χ1v) is 7.69. The molecule has 0 radical (unpaired) electrons. The third kappa shape index (κ3) is 2.17. The second-order valence-corrected chi connectivity index (χ2v) is 7.55. The van der Waals surface area contributed by atoms with Crippen molar-refractivity contribution in [1.29, 1.82) is 0 Å². The molecule has 1 aromatic rings. The Morgan fingerprint density at radius 1 is 1.33 bits per heavy atom. The zero-order valence-electron chi connectivity index (χ0n) is 11.2. The highest BCUT2D eigenvalue weighted by Gasteiger charge is 2.59. The van der Waals surface area contributed by atoms with E-state index in [-0.39, 0.29) is 10.4 Å². The summed E-state index contributed by atoms with van der Waals surface area (Å²) < 4.78 is 22.3. The summed E-state index contributed by atoms with van der Waals surface area (Å²) in [5.74, 6) is 1.70. The first-order chi connectivity index (χ1) is 8.15. The molecule has 2 N–H and O–H groups in total. The van der Waals surface area contributed by atoms with E-state index in [2.05, 4.69) is 32.7 Å². The van der Waals surface area contributed by atoms with Gasteiger partial charge in [-0.15, -0.1) is 0 Å². The minimum Gasteiger partial charge on any atom is -0.243 e. The molecule has 1 aliphatic carbocycles. The number of nitrogens with two attached hydrogens (primary N) is 1. The molecular formula is C13H20N2O2S. The Hall–Kier alpha value is -0.940. The highest BCUT2D eigenvalue weighted by Crippen LogP contribution is 2.67. The summed E-state index contributed by atoms with van der Waals surface area (Å²) in [6, 6.07) is 3.33. The van der Waals surface area contributed by atoms with Crippen molar-refractivity contribution >= 4 is 10.0 Å². The molecule has 0 aliphatic heterocycles. The van der Waals surface area contributed by atoms with E-state index in [1.807, 2.05) is 6.07 Å². The minimum absolute atomic E-state index is 0.0641. The van der Waals surface area contributed by atoms with Crippen LogP contribution in [0.5, 0.6) is 0 Å². The molecule has 1 saturated carbocycles. The molecule has 5 heteroatoms. The molecule has 0 bridgehead atoms. The molecule has 1 aliphatic rings. The molecule has 0 saturated heterocycles. The molecule has 1 aromatic heterocycles. The SMILES string of the molecule is CC(C)C1C(c2ccc(S(N)(=O)=O)nc2)C1(C)C. The minimum atomic E-state index is -3.69. The summed E-state index contributed by atoms with van der Waals surface area (Å²) in [7, 11) is -3.69. The molecule has 0 aromatic carbocycles. The van der Waals surface area contributed by atoms with Crippen molar-refractivity contribution in [3.63, 3.8) is 0 Å². The number of nitrogens with zero attached hydrogens (tertiary/aromatic N) is 1. The molecule has 1 fully saturated rings. The molecule has 0 amide bonds. The molecule has 4 nitrogen and oxygen atoms in total. The van der Waals surface area contributed by atoms with Gasteiger partial charge < -0.3 is 0 Å². The average molecular weight is 268 g/mol. The van der Waals surface area contributed by atoms with E-state index in [4.69, 9.17) is 5.14 Å². The quantitative estimate of drug-likeness (QED) is 0.912. The summed E-state index contributed by atoms with van der Waals surface area (Å²) in [4.78, 5) is 3.96. The Balaban J connectivity index is 2.28. The number of hydrogen-bond donors (Lipinski definition) is 1.